The lowest BCUT2D eigenvalue weighted by Gasteiger charge is -2.31. The largest absolute Gasteiger partial charge is 0.479 e. The number of nitrogens with one attached hydrogen (secondary N) is 2. The number of urea groups is 1. The summed E-state index contributed by atoms with van der Waals surface area (Å²) in [6.07, 6.45) is 5.41. The van der Waals surface area contributed by atoms with E-state index in [1.807, 2.05) is 0 Å². The van der Waals surface area contributed by atoms with Gasteiger partial charge >= 0.3 is 12.0 Å². The molecule has 1 rings (SSSR count). The Hall–Kier alpha value is -1.30. The van der Waals surface area contributed by atoms with Crippen molar-refractivity contribution in [2.24, 2.45) is 5.92 Å². The Kier molecular flexibility index (Phi) is 5.60. The molecule has 110 valence electrons. The molecular weight excluding hydrogens is 248 g/mol. The predicted molar refractivity (Wildman–Crippen MR) is 70.8 cm³/mol. The van der Waals surface area contributed by atoms with Crippen LogP contribution in [0.1, 0.15) is 46.0 Å². The van der Waals surface area contributed by atoms with Crippen molar-refractivity contribution in [1.29, 1.82) is 0 Å². The van der Waals surface area contributed by atoms with Gasteiger partial charge in [-0.25, -0.2) is 9.59 Å². The number of carboxylic acids is 1. The van der Waals surface area contributed by atoms with E-state index in [-0.39, 0.29) is 12.6 Å². The van der Waals surface area contributed by atoms with E-state index in [1.54, 1.807) is 0 Å². The zero-order valence-electron chi connectivity index (χ0n) is 11.6. The molecule has 1 saturated carbocycles. The maximum absolute atomic E-state index is 11.7. The van der Waals surface area contributed by atoms with Crippen molar-refractivity contribution >= 4 is 12.0 Å². The first-order valence-electron chi connectivity index (χ1n) is 6.87. The minimum atomic E-state index is -1.94. The summed E-state index contributed by atoms with van der Waals surface area (Å²) in [7, 11) is 0. The normalized spacial score (nSPS) is 26.3. The monoisotopic (exact) mass is 272 g/mol. The van der Waals surface area contributed by atoms with Gasteiger partial charge in [0.25, 0.3) is 0 Å². The molecule has 0 aromatic carbocycles. The van der Waals surface area contributed by atoms with E-state index >= 15 is 0 Å². The van der Waals surface area contributed by atoms with E-state index in [1.165, 1.54) is 6.42 Å². The number of carbonyl (C=O) groups excluding carboxylic acids is 1. The molecule has 0 radical (unpaired) electrons. The summed E-state index contributed by atoms with van der Waals surface area (Å²) < 4.78 is 0. The molecule has 0 aromatic heterocycles. The third-order valence-electron chi connectivity index (χ3n) is 3.80. The molecular formula is C13H24N2O4. The lowest BCUT2D eigenvalue weighted by atomic mass is 9.83. The molecule has 3 atom stereocenters. The molecule has 4 N–H and O–H groups in total. The van der Waals surface area contributed by atoms with Gasteiger partial charge in [-0.15, -0.1) is 0 Å². The number of hydrogen-bond donors (Lipinski definition) is 4. The van der Waals surface area contributed by atoms with Crippen molar-refractivity contribution in [3.63, 3.8) is 0 Å². The SMILES string of the molecule is CCC1CCCCC1NC(=O)NCC(C)(O)C(=O)O. The van der Waals surface area contributed by atoms with Crippen LogP contribution in [0.15, 0.2) is 0 Å². The van der Waals surface area contributed by atoms with Crippen molar-refractivity contribution in [2.75, 3.05) is 6.54 Å². The first kappa shape index (κ1) is 15.8. The topological polar surface area (TPSA) is 98.7 Å². The van der Waals surface area contributed by atoms with E-state index < -0.39 is 17.6 Å². The number of carboxylic acid groups (broad SMARTS) is 1. The molecule has 1 aliphatic rings. The molecule has 1 aliphatic carbocycles. The average Bonchev–Trinajstić information content (AvgIpc) is 2.37. The Morgan fingerprint density at radius 3 is 2.53 bits per heavy atom. The van der Waals surface area contributed by atoms with Crippen molar-refractivity contribution in [1.82, 2.24) is 10.6 Å². The van der Waals surface area contributed by atoms with Crippen LogP contribution >= 0.6 is 0 Å². The van der Waals surface area contributed by atoms with Gasteiger partial charge in [0.05, 0.1) is 6.54 Å². The van der Waals surface area contributed by atoms with Gasteiger partial charge < -0.3 is 20.8 Å². The summed E-state index contributed by atoms with van der Waals surface area (Å²) in [5.41, 5.74) is -1.94. The number of carbonyl (C=O) groups is 2. The molecule has 0 saturated heterocycles. The maximum atomic E-state index is 11.7. The summed E-state index contributed by atoms with van der Waals surface area (Å²) in [5, 5.41) is 23.5. The van der Waals surface area contributed by atoms with Crippen LogP contribution in [0.3, 0.4) is 0 Å². The highest BCUT2D eigenvalue weighted by molar-refractivity contribution is 5.79. The molecule has 2 amide bonds. The van der Waals surface area contributed by atoms with E-state index in [0.29, 0.717) is 5.92 Å². The zero-order chi connectivity index (χ0) is 14.5. The highest BCUT2D eigenvalue weighted by Crippen LogP contribution is 2.26. The number of aliphatic hydroxyl groups is 1. The second kappa shape index (κ2) is 6.75. The van der Waals surface area contributed by atoms with E-state index in [4.69, 9.17) is 5.11 Å². The third-order valence-corrected chi connectivity index (χ3v) is 3.80. The fraction of sp³-hybridized carbons (Fsp3) is 0.846. The quantitative estimate of drug-likeness (QED) is 0.602. The number of hydrogen-bond acceptors (Lipinski definition) is 3. The smallest absolute Gasteiger partial charge is 0.337 e. The van der Waals surface area contributed by atoms with Gasteiger partial charge in [0.2, 0.25) is 0 Å². The van der Waals surface area contributed by atoms with Crippen molar-refractivity contribution in [2.45, 2.75) is 57.6 Å². The minimum Gasteiger partial charge on any atom is -0.479 e. The average molecular weight is 272 g/mol. The van der Waals surface area contributed by atoms with Gasteiger partial charge in [0.1, 0.15) is 0 Å². The van der Waals surface area contributed by atoms with Crippen LogP contribution in [-0.4, -0.2) is 40.4 Å². The van der Waals surface area contributed by atoms with E-state index in [9.17, 15) is 14.7 Å². The first-order chi connectivity index (χ1) is 8.86. The molecule has 6 heteroatoms. The lowest BCUT2D eigenvalue weighted by Crippen LogP contribution is -2.52. The second-order valence-corrected chi connectivity index (χ2v) is 5.47. The fourth-order valence-electron chi connectivity index (χ4n) is 2.43. The number of rotatable bonds is 5. The molecule has 3 unspecified atom stereocenters. The van der Waals surface area contributed by atoms with Crippen LogP contribution in [0.2, 0.25) is 0 Å². The van der Waals surface area contributed by atoms with Gasteiger partial charge in [-0.2, -0.15) is 0 Å². The Balaban J connectivity index is 2.40. The standard InChI is InChI=1S/C13H24N2O4/c1-3-9-6-4-5-7-10(9)15-12(18)14-8-13(2,19)11(16)17/h9-10,19H,3-8H2,1-2H3,(H,16,17)(H2,14,15,18). The van der Waals surface area contributed by atoms with Crippen LogP contribution in [0.4, 0.5) is 4.79 Å². The summed E-state index contributed by atoms with van der Waals surface area (Å²) >= 11 is 0. The molecule has 6 nitrogen and oxygen atoms in total. The van der Waals surface area contributed by atoms with Gasteiger partial charge in [-0.1, -0.05) is 26.2 Å². The van der Waals surface area contributed by atoms with Crippen LogP contribution < -0.4 is 10.6 Å². The molecule has 0 spiro atoms. The van der Waals surface area contributed by atoms with E-state index in [0.717, 1.165) is 32.6 Å². The summed E-state index contributed by atoms with van der Waals surface area (Å²) in [6.45, 7) is 2.96. The molecule has 0 aromatic rings. The summed E-state index contributed by atoms with van der Waals surface area (Å²) in [6, 6.07) is -0.264. The van der Waals surface area contributed by atoms with E-state index in [2.05, 4.69) is 17.6 Å². The minimum absolute atomic E-state index is 0.147. The zero-order valence-corrected chi connectivity index (χ0v) is 11.6. The van der Waals surface area contributed by atoms with Gasteiger partial charge in [-0.05, 0) is 25.7 Å². The molecule has 0 heterocycles. The number of amides is 2. The van der Waals surface area contributed by atoms with Crippen LogP contribution in [-0.2, 0) is 4.79 Å². The van der Waals surface area contributed by atoms with Gasteiger partial charge in [0, 0.05) is 6.04 Å². The predicted octanol–water partition coefficient (Wildman–Crippen LogP) is 1.09. The first-order valence-corrected chi connectivity index (χ1v) is 6.87. The highest BCUT2D eigenvalue weighted by Gasteiger charge is 2.31. The molecule has 1 fully saturated rings. The maximum Gasteiger partial charge on any atom is 0.337 e. The lowest BCUT2D eigenvalue weighted by molar-refractivity contribution is -0.155. The Morgan fingerprint density at radius 1 is 1.32 bits per heavy atom. The Labute approximate surface area is 113 Å². The fourth-order valence-corrected chi connectivity index (χ4v) is 2.43. The van der Waals surface area contributed by atoms with Crippen LogP contribution in [0.5, 0.6) is 0 Å². The highest BCUT2D eigenvalue weighted by atomic mass is 16.4. The second-order valence-electron chi connectivity index (χ2n) is 5.47. The summed E-state index contributed by atoms with van der Waals surface area (Å²) in [4.78, 5) is 22.4. The molecule has 19 heavy (non-hydrogen) atoms. The molecule has 0 bridgehead atoms. The van der Waals surface area contributed by atoms with Crippen molar-refractivity contribution < 1.29 is 19.8 Å². The Morgan fingerprint density at radius 2 is 1.95 bits per heavy atom. The summed E-state index contributed by atoms with van der Waals surface area (Å²) in [5.74, 6) is -0.864. The van der Waals surface area contributed by atoms with Gasteiger partial charge in [-0.3, -0.25) is 0 Å². The van der Waals surface area contributed by atoms with Crippen LogP contribution in [0, 0.1) is 5.92 Å². The van der Waals surface area contributed by atoms with Crippen LogP contribution in [0.25, 0.3) is 0 Å². The molecule has 0 aliphatic heterocycles. The number of aliphatic carboxylic acids is 1. The van der Waals surface area contributed by atoms with Crippen molar-refractivity contribution in [3.05, 3.63) is 0 Å². The van der Waals surface area contributed by atoms with Crippen molar-refractivity contribution in [3.8, 4) is 0 Å². The Bertz CT molecular complexity index is 331. The third kappa shape index (κ3) is 4.70. The van der Waals surface area contributed by atoms with Gasteiger partial charge in [0.15, 0.2) is 5.60 Å².